The van der Waals surface area contributed by atoms with E-state index in [-0.39, 0.29) is 0 Å². The lowest BCUT2D eigenvalue weighted by molar-refractivity contribution is 0.439. The average Bonchev–Trinajstić information content (AvgIpc) is 2.83. The first kappa shape index (κ1) is 14.6. The molecule has 2 aromatic carbocycles. The van der Waals surface area contributed by atoms with Crippen LogP contribution in [0.25, 0.3) is 22.4 Å². The van der Waals surface area contributed by atoms with Crippen LogP contribution in [0.15, 0.2) is 51.5 Å². The highest BCUT2D eigenvalue weighted by atomic mass is 127. The molecule has 0 atom stereocenters. The van der Waals surface area contributed by atoms with Gasteiger partial charge in [0.05, 0.1) is 5.56 Å². The van der Waals surface area contributed by atoms with Gasteiger partial charge in [-0.05, 0) is 52.8 Å². The number of rotatable bonds is 2. The quantitative estimate of drug-likeness (QED) is 0.537. The number of hydrogen-bond donors (Lipinski definition) is 1. The zero-order valence-corrected chi connectivity index (χ0v) is 15.0. The molecule has 0 bridgehead atoms. The van der Waals surface area contributed by atoms with Crippen molar-refractivity contribution in [2.24, 2.45) is 0 Å². The van der Waals surface area contributed by atoms with E-state index in [1.807, 2.05) is 36.4 Å². The summed E-state index contributed by atoms with van der Waals surface area (Å²) >= 11 is 5.81. The third-order valence-electron chi connectivity index (χ3n) is 3.28. The minimum absolute atomic E-state index is 0.334. The van der Waals surface area contributed by atoms with E-state index in [4.69, 9.17) is 10.3 Å². The molecular weight excluding hydrogens is 443 g/mol. The molecule has 0 aliphatic carbocycles. The molecule has 0 aliphatic heterocycles. The van der Waals surface area contributed by atoms with Gasteiger partial charge >= 0.3 is 0 Å². The van der Waals surface area contributed by atoms with Gasteiger partial charge in [0, 0.05) is 13.6 Å². The van der Waals surface area contributed by atoms with Crippen molar-refractivity contribution in [3.05, 3.63) is 56.1 Å². The summed E-state index contributed by atoms with van der Waals surface area (Å²) < 4.78 is 7.39. The number of nitrogen functional groups attached to an aromatic ring is 1. The highest BCUT2D eigenvalue weighted by molar-refractivity contribution is 14.1. The summed E-state index contributed by atoms with van der Waals surface area (Å²) in [7, 11) is 0. The van der Waals surface area contributed by atoms with Gasteiger partial charge in [0.25, 0.3) is 0 Å². The van der Waals surface area contributed by atoms with Crippen LogP contribution in [0.4, 0.5) is 5.88 Å². The fourth-order valence-corrected chi connectivity index (χ4v) is 3.25. The number of anilines is 1. The Morgan fingerprint density at radius 1 is 1.19 bits per heavy atom. The van der Waals surface area contributed by atoms with Crippen LogP contribution < -0.4 is 5.73 Å². The summed E-state index contributed by atoms with van der Waals surface area (Å²) in [6, 6.07) is 14.1. The van der Waals surface area contributed by atoms with Crippen LogP contribution >= 0.6 is 38.5 Å². The first-order chi connectivity index (χ1) is 10.1. The molecule has 0 saturated heterocycles. The number of benzene rings is 2. The minimum Gasteiger partial charge on any atom is -0.367 e. The van der Waals surface area contributed by atoms with Crippen LogP contribution in [0, 0.1) is 10.5 Å². The second-order valence-corrected chi connectivity index (χ2v) is 6.71. The van der Waals surface area contributed by atoms with Crippen molar-refractivity contribution >= 4 is 44.4 Å². The third-order valence-corrected chi connectivity index (χ3v) is 5.20. The van der Waals surface area contributed by atoms with E-state index in [9.17, 15) is 0 Å². The van der Waals surface area contributed by atoms with E-state index >= 15 is 0 Å². The Kier molecular flexibility index (Phi) is 4.03. The lowest BCUT2D eigenvalue weighted by atomic mass is 10.00. The number of aromatic nitrogens is 1. The second-order valence-electron chi connectivity index (χ2n) is 4.72. The van der Waals surface area contributed by atoms with Crippen LogP contribution in [-0.4, -0.2) is 5.16 Å². The molecule has 5 heteroatoms. The van der Waals surface area contributed by atoms with E-state index in [0.717, 1.165) is 30.4 Å². The summed E-state index contributed by atoms with van der Waals surface area (Å²) in [5, 5.41) is 4.17. The van der Waals surface area contributed by atoms with E-state index in [2.05, 4.69) is 56.7 Å². The molecule has 0 unspecified atom stereocenters. The maximum atomic E-state index is 6.00. The second kappa shape index (κ2) is 5.81. The third kappa shape index (κ3) is 2.72. The molecule has 3 rings (SSSR count). The molecule has 3 aromatic rings. The zero-order chi connectivity index (χ0) is 15.0. The van der Waals surface area contributed by atoms with Gasteiger partial charge in [0.15, 0.2) is 0 Å². The molecule has 0 fully saturated rings. The Hall–Kier alpha value is -1.34. The number of nitrogens with zero attached hydrogens (tertiary/aromatic N) is 1. The summed E-state index contributed by atoms with van der Waals surface area (Å²) in [5.74, 6) is 0.334. The van der Waals surface area contributed by atoms with Crippen molar-refractivity contribution < 1.29 is 4.52 Å². The van der Waals surface area contributed by atoms with Gasteiger partial charge in [-0.15, -0.1) is 0 Å². The molecule has 0 saturated carbocycles. The van der Waals surface area contributed by atoms with Crippen molar-refractivity contribution in [3.8, 4) is 22.4 Å². The summed E-state index contributed by atoms with van der Waals surface area (Å²) in [6.45, 7) is 2.08. The van der Waals surface area contributed by atoms with Crippen LogP contribution in [0.5, 0.6) is 0 Å². The van der Waals surface area contributed by atoms with E-state index < -0.39 is 0 Å². The molecule has 21 heavy (non-hydrogen) atoms. The summed E-state index contributed by atoms with van der Waals surface area (Å²) in [5.41, 5.74) is 10.8. The number of halogens is 2. The van der Waals surface area contributed by atoms with Crippen molar-refractivity contribution in [3.63, 3.8) is 0 Å². The molecule has 0 amide bonds. The highest BCUT2D eigenvalue weighted by Gasteiger charge is 2.19. The number of hydrogen-bond acceptors (Lipinski definition) is 3. The lowest BCUT2D eigenvalue weighted by Gasteiger charge is -2.07. The monoisotopic (exact) mass is 454 g/mol. The van der Waals surface area contributed by atoms with E-state index in [1.54, 1.807) is 0 Å². The van der Waals surface area contributed by atoms with E-state index in [1.165, 1.54) is 5.56 Å². The van der Waals surface area contributed by atoms with Crippen LogP contribution in [0.3, 0.4) is 0 Å². The fourth-order valence-electron chi connectivity index (χ4n) is 2.24. The largest absolute Gasteiger partial charge is 0.367 e. The van der Waals surface area contributed by atoms with Gasteiger partial charge in [0.2, 0.25) is 5.88 Å². The highest BCUT2D eigenvalue weighted by Crippen LogP contribution is 2.39. The molecule has 0 aliphatic rings. The average molecular weight is 455 g/mol. The lowest BCUT2D eigenvalue weighted by Crippen LogP contribution is -1.91. The Labute approximate surface area is 144 Å². The standard InChI is InChI=1S/C16H12BrIN2O/c1-9-4-2-7-12(14(9)18)15-13(16(19)21-20-15)10-5-3-6-11(17)8-10/h2-8H,19H2,1H3. The maximum Gasteiger partial charge on any atom is 0.230 e. The molecule has 106 valence electrons. The first-order valence-electron chi connectivity index (χ1n) is 6.34. The van der Waals surface area contributed by atoms with Crippen molar-refractivity contribution in [1.29, 1.82) is 0 Å². The maximum absolute atomic E-state index is 6.00. The Morgan fingerprint density at radius 3 is 2.71 bits per heavy atom. The Bertz CT molecular complexity index is 814. The molecule has 1 heterocycles. The number of nitrogens with two attached hydrogens (primary N) is 1. The van der Waals surface area contributed by atoms with Gasteiger partial charge in [-0.2, -0.15) is 0 Å². The molecule has 2 N–H and O–H groups in total. The zero-order valence-electron chi connectivity index (χ0n) is 11.2. The fraction of sp³-hybridized carbons (Fsp3) is 0.0625. The molecule has 0 spiro atoms. The van der Waals surface area contributed by atoms with Crippen LogP contribution in [0.1, 0.15) is 5.56 Å². The first-order valence-corrected chi connectivity index (χ1v) is 8.21. The number of aryl methyl sites for hydroxylation is 1. The van der Waals surface area contributed by atoms with Crippen molar-refractivity contribution in [1.82, 2.24) is 5.16 Å². The normalized spacial score (nSPS) is 10.8. The topological polar surface area (TPSA) is 52.0 Å². The molecule has 3 nitrogen and oxygen atoms in total. The van der Waals surface area contributed by atoms with Gasteiger partial charge in [-0.25, -0.2) is 0 Å². The molecule has 0 radical (unpaired) electrons. The smallest absolute Gasteiger partial charge is 0.230 e. The van der Waals surface area contributed by atoms with Crippen molar-refractivity contribution in [2.75, 3.05) is 5.73 Å². The predicted octanol–water partition coefficient (Wildman–Crippen LogP) is 5.27. The van der Waals surface area contributed by atoms with Gasteiger partial charge in [-0.3, -0.25) is 0 Å². The minimum atomic E-state index is 0.334. The Morgan fingerprint density at radius 2 is 1.95 bits per heavy atom. The molecule has 1 aromatic heterocycles. The Balaban J connectivity index is 2.24. The van der Waals surface area contributed by atoms with Gasteiger partial charge < -0.3 is 10.3 Å². The summed E-state index contributed by atoms with van der Waals surface area (Å²) in [6.07, 6.45) is 0. The summed E-state index contributed by atoms with van der Waals surface area (Å²) in [4.78, 5) is 0. The van der Waals surface area contributed by atoms with Gasteiger partial charge in [-0.1, -0.05) is 51.4 Å². The van der Waals surface area contributed by atoms with Crippen LogP contribution in [0.2, 0.25) is 0 Å². The van der Waals surface area contributed by atoms with Crippen LogP contribution in [-0.2, 0) is 0 Å². The van der Waals surface area contributed by atoms with E-state index in [0.29, 0.717) is 5.88 Å². The predicted molar refractivity (Wildman–Crippen MR) is 96.9 cm³/mol. The molecular formula is C16H12BrIN2O. The van der Waals surface area contributed by atoms with Crippen molar-refractivity contribution in [2.45, 2.75) is 6.92 Å². The SMILES string of the molecule is Cc1cccc(-c2noc(N)c2-c2cccc(Br)c2)c1I. The van der Waals surface area contributed by atoms with Gasteiger partial charge in [0.1, 0.15) is 5.69 Å².